The third-order valence-electron chi connectivity index (χ3n) is 15.2. The largest absolute Gasteiger partial charge is 0.309 e. The predicted octanol–water partition coefficient (Wildman–Crippen LogP) is 17.7. The molecule has 0 unspecified atom stereocenters. The van der Waals surface area contributed by atoms with Crippen molar-refractivity contribution >= 4 is 87.2 Å². The minimum absolute atomic E-state index is 1.13. The Morgan fingerprint density at radius 2 is 0.437 bits per heavy atom. The van der Waals surface area contributed by atoms with Crippen LogP contribution in [0.25, 0.3) is 132 Å². The van der Waals surface area contributed by atoms with Crippen molar-refractivity contribution in [3.63, 3.8) is 0 Å². The van der Waals surface area contributed by atoms with E-state index < -0.39 is 0 Å². The van der Waals surface area contributed by atoms with Gasteiger partial charge in [-0.25, -0.2) is 0 Å². The van der Waals surface area contributed by atoms with Gasteiger partial charge in [0.05, 0.1) is 55.5 Å². The van der Waals surface area contributed by atoms with Crippen LogP contribution in [0, 0.1) is 6.92 Å². The first-order valence-corrected chi connectivity index (χ1v) is 24.5. The van der Waals surface area contributed by atoms with Crippen LogP contribution < -0.4 is 0 Å². The number of hydrogen-bond acceptors (Lipinski definition) is 0. The van der Waals surface area contributed by atoms with Crippen LogP contribution in [0.2, 0.25) is 0 Å². The molecule has 11 aromatic carbocycles. The maximum absolute atomic E-state index is 2.51. The van der Waals surface area contributed by atoms with Crippen molar-refractivity contribution in [1.29, 1.82) is 0 Å². The quantitative estimate of drug-likeness (QED) is 0.158. The van der Waals surface area contributed by atoms with Gasteiger partial charge in [0.25, 0.3) is 0 Å². The highest BCUT2D eigenvalue weighted by Crippen LogP contribution is 2.47. The van der Waals surface area contributed by atoms with Crippen LogP contribution in [0.15, 0.2) is 249 Å². The monoisotopic (exact) mass is 904 g/mol. The number of nitrogens with zero attached hydrogens (tertiary/aromatic N) is 4. The molecule has 0 N–H and O–H groups in total. The van der Waals surface area contributed by atoms with Crippen LogP contribution in [0.3, 0.4) is 0 Å². The summed E-state index contributed by atoms with van der Waals surface area (Å²) in [6, 6.07) is 91.6. The zero-order valence-corrected chi connectivity index (χ0v) is 39.0. The normalized spacial score (nSPS) is 12.0. The molecule has 0 aliphatic heterocycles. The van der Waals surface area contributed by atoms with Gasteiger partial charge in [-0.2, -0.15) is 0 Å². The number of rotatable bonds is 6. The van der Waals surface area contributed by atoms with Gasteiger partial charge in [0, 0.05) is 65.6 Å². The summed E-state index contributed by atoms with van der Waals surface area (Å²) in [5.74, 6) is 0. The Kier molecular flexibility index (Phi) is 8.54. The lowest BCUT2D eigenvalue weighted by Crippen LogP contribution is -2.07. The van der Waals surface area contributed by atoms with Gasteiger partial charge in [0.1, 0.15) is 0 Å². The van der Waals surface area contributed by atoms with E-state index in [9.17, 15) is 0 Å². The minimum atomic E-state index is 1.13. The molecule has 4 nitrogen and oxygen atoms in total. The molecular formula is C67H44N4. The summed E-state index contributed by atoms with van der Waals surface area (Å²) in [7, 11) is 0. The number of aromatic nitrogens is 4. The second-order valence-corrected chi connectivity index (χ2v) is 18.9. The number of fused-ring (bicyclic) bond motifs is 12. The first kappa shape index (κ1) is 39.6. The molecule has 0 radical (unpaired) electrons. The van der Waals surface area contributed by atoms with Crippen LogP contribution in [0.4, 0.5) is 0 Å². The zero-order chi connectivity index (χ0) is 46.7. The lowest BCUT2D eigenvalue weighted by Gasteiger charge is -2.25. The van der Waals surface area contributed by atoms with E-state index in [4.69, 9.17) is 0 Å². The summed E-state index contributed by atoms with van der Waals surface area (Å²) in [4.78, 5) is 0. The summed E-state index contributed by atoms with van der Waals surface area (Å²) < 4.78 is 9.84. The van der Waals surface area contributed by atoms with Gasteiger partial charge in [-0.15, -0.1) is 0 Å². The highest BCUT2D eigenvalue weighted by Gasteiger charge is 2.26. The van der Waals surface area contributed by atoms with E-state index >= 15 is 0 Å². The fourth-order valence-corrected chi connectivity index (χ4v) is 12.2. The highest BCUT2D eigenvalue weighted by atomic mass is 15.0. The first-order chi connectivity index (χ1) is 35.2. The maximum atomic E-state index is 2.51. The Morgan fingerprint density at radius 3 is 0.676 bits per heavy atom. The third kappa shape index (κ3) is 5.73. The second kappa shape index (κ2) is 15.3. The van der Waals surface area contributed by atoms with Gasteiger partial charge in [0.15, 0.2) is 0 Å². The Balaban J connectivity index is 1.04. The molecule has 0 amide bonds. The minimum Gasteiger partial charge on any atom is -0.309 e. The standard InChI is InChI=1S/C67H44N4/c1-43-66(44-34-38-46(39-35-44)68-56-26-10-2-18-48(56)49-19-3-11-27-57(49)68)64(70-60-30-14-6-22-52(60)53-23-7-15-31-61(53)70)42-65(71-62-32-16-8-24-54(62)55-25-9-17-33-63(55)71)67(43)45-36-40-47(41-37-45)69-58-28-12-4-20-50(58)51-21-5-13-29-59(51)69/h2-42H,1H3. The van der Waals surface area contributed by atoms with Crippen molar-refractivity contribution in [2.24, 2.45) is 0 Å². The molecule has 0 atom stereocenters. The van der Waals surface area contributed by atoms with E-state index in [1.165, 1.54) is 104 Å². The van der Waals surface area contributed by atoms with Gasteiger partial charge in [-0.05, 0) is 102 Å². The highest BCUT2D eigenvalue weighted by molar-refractivity contribution is 6.13. The molecule has 15 rings (SSSR count). The number of para-hydroxylation sites is 8. The Hall–Kier alpha value is -9.38. The van der Waals surface area contributed by atoms with Gasteiger partial charge >= 0.3 is 0 Å². The molecule has 0 saturated heterocycles. The first-order valence-electron chi connectivity index (χ1n) is 24.5. The molecule has 15 aromatic rings. The van der Waals surface area contributed by atoms with E-state index in [2.05, 4.69) is 274 Å². The number of benzene rings is 11. The van der Waals surface area contributed by atoms with E-state index in [0.717, 1.165) is 33.9 Å². The summed E-state index contributed by atoms with van der Waals surface area (Å²) in [6.07, 6.45) is 0. The predicted molar refractivity (Wildman–Crippen MR) is 299 cm³/mol. The molecule has 4 heterocycles. The lowest BCUT2D eigenvalue weighted by molar-refractivity contribution is 1.12. The molecule has 332 valence electrons. The van der Waals surface area contributed by atoms with Crippen molar-refractivity contribution in [3.05, 3.63) is 254 Å². The average Bonchev–Trinajstić information content (AvgIpc) is 4.16. The van der Waals surface area contributed by atoms with Gasteiger partial charge in [0.2, 0.25) is 0 Å². The molecule has 0 spiro atoms. The van der Waals surface area contributed by atoms with Crippen molar-refractivity contribution < 1.29 is 0 Å². The Labute approximate surface area is 409 Å². The molecule has 0 saturated carbocycles. The zero-order valence-electron chi connectivity index (χ0n) is 39.0. The fourth-order valence-electron chi connectivity index (χ4n) is 12.2. The van der Waals surface area contributed by atoms with Crippen LogP contribution >= 0.6 is 0 Å². The van der Waals surface area contributed by atoms with Gasteiger partial charge < -0.3 is 18.3 Å². The summed E-state index contributed by atoms with van der Waals surface area (Å²) >= 11 is 0. The van der Waals surface area contributed by atoms with Gasteiger partial charge in [-0.3, -0.25) is 0 Å². The summed E-state index contributed by atoms with van der Waals surface area (Å²) in [5, 5.41) is 9.95. The summed E-state index contributed by atoms with van der Waals surface area (Å²) in [6.45, 7) is 2.35. The van der Waals surface area contributed by atoms with Gasteiger partial charge in [-0.1, -0.05) is 170 Å². The average molecular weight is 905 g/mol. The molecule has 0 aliphatic rings. The topological polar surface area (TPSA) is 19.7 Å². The van der Waals surface area contributed by atoms with Crippen LogP contribution in [0.5, 0.6) is 0 Å². The maximum Gasteiger partial charge on any atom is 0.0564 e. The SMILES string of the molecule is Cc1c(-c2ccc(-n3c4ccccc4c4ccccc43)cc2)c(-n2c3ccccc3c3ccccc32)cc(-n2c3ccccc3c3ccccc32)c1-c1ccc(-n2c3ccccc3c3ccccc32)cc1. The van der Waals surface area contributed by atoms with Crippen molar-refractivity contribution in [2.75, 3.05) is 0 Å². The van der Waals surface area contributed by atoms with Crippen LogP contribution in [-0.4, -0.2) is 18.3 Å². The Bertz CT molecular complexity index is 4130. The van der Waals surface area contributed by atoms with E-state index in [0.29, 0.717) is 0 Å². The summed E-state index contributed by atoms with van der Waals surface area (Å²) in [5.41, 5.74) is 19.9. The van der Waals surface area contributed by atoms with Crippen molar-refractivity contribution in [1.82, 2.24) is 18.3 Å². The molecule has 0 fully saturated rings. The lowest BCUT2D eigenvalue weighted by atomic mass is 9.89. The molecule has 0 aliphatic carbocycles. The van der Waals surface area contributed by atoms with Crippen LogP contribution in [0.1, 0.15) is 5.56 Å². The molecular weight excluding hydrogens is 861 g/mol. The molecule has 4 aromatic heterocycles. The van der Waals surface area contributed by atoms with E-state index in [-0.39, 0.29) is 0 Å². The van der Waals surface area contributed by atoms with Crippen LogP contribution in [-0.2, 0) is 0 Å². The smallest absolute Gasteiger partial charge is 0.0564 e. The second-order valence-electron chi connectivity index (χ2n) is 18.9. The third-order valence-corrected chi connectivity index (χ3v) is 15.2. The van der Waals surface area contributed by atoms with E-state index in [1.807, 2.05) is 0 Å². The van der Waals surface area contributed by atoms with E-state index in [1.54, 1.807) is 0 Å². The molecule has 71 heavy (non-hydrogen) atoms. The van der Waals surface area contributed by atoms with Crippen molar-refractivity contribution in [2.45, 2.75) is 6.92 Å². The molecule has 0 bridgehead atoms. The number of hydrogen-bond donors (Lipinski definition) is 0. The fraction of sp³-hybridized carbons (Fsp3) is 0.0149. The van der Waals surface area contributed by atoms with Crippen molar-refractivity contribution in [3.8, 4) is 45.0 Å². The molecule has 4 heteroatoms. The Morgan fingerprint density at radius 1 is 0.225 bits per heavy atom.